The normalized spacial score (nSPS) is 11.0. The number of aryl methyl sites for hydroxylation is 1. The molecule has 1 amide bonds. The molecule has 3 aromatic carbocycles. The highest BCUT2D eigenvalue weighted by Crippen LogP contribution is 2.27. The second-order valence-electron chi connectivity index (χ2n) is 6.47. The molecule has 0 unspecified atom stereocenters. The van der Waals surface area contributed by atoms with Crippen LogP contribution >= 0.6 is 0 Å². The first kappa shape index (κ1) is 16.2. The topological polar surface area (TPSA) is 54.1 Å². The smallest absolute Gasteiger partial charge is 0.262 e. The van der Waals surface area contributed by atoms with Crippen molar-refractivity contribution < 1.29 is 9.53 Å². The van der Waals surface area contributed by atoms with Gasteiger partial charge in [0.2, 0.25) is 0 Å². The van der Waals surface area contributed by atoms with Crippen LogP contribution in [0.5, 0.6) is 5.75 Å². The number of anilines is 1. The molecular formula is C22H20N2O2. The van der Waals surface area contributed by atoms with Gasteiger partial charge in [-0.05, 0) is 55.3 Å². The average molecular weight is 344 g/mol. The van der Waals surface area contributed by atoms with Gasteiger partial charge in [-0.1, -0.05) is 30.3 Å². The number of carbonyl (C=O) groups is 1. The van der Waals surface area contributed by atoms with Gasteiger partial charge in [0.05, 0.1) is 0 Å². The minimum atomic E-state index is -0.176. The van der Waals surface area contributed by atoms with Crippen LogP contribution in [-0.4, -0.2) is 17.5 Å². The number of amides is 1. The standard InChI is InChI=1S/C22H20N2O2/c1-14-6-5-9-21(15(14)2)26-13-22(25)23-16-10-11-20-18(12-16)17-7-3-4-8-19(17)24-20/h3-12,24H,13H2,1-2H3,(H,23,25). The van der Waals surface area contributed by atoms with E-state index in [9.17, 15) is 4.79 Å². The summed E-state index contributed by atoms with van der Waals surface area (Å²) in [5.41, 5.74) is 5.10. The molecule has 0 aliphatic heterocycles. The summed E-state index contributed by atoms with van der Waals surface area (Å²) < 4.78 is 5.68. The van der Waals surface area contributed by atoms with Gasteiger partial charge >= 0.3 is 0 Å². The predicted molar refractivity (Wildman–Crippen MR) is 106 cm³/mol. The molecule has 0 atom stereocenters. The maximum absolute atomic E-state index is 12.3. The lowest BCUT2D eigenvalue weighted by Crippen LogP contribution is -2.20. The molecule has 2 N–H and O–H groups in total. The van der Waals surface area contributed by atoms with Crippen LogP contribution in [0.1, 0.15) is 11.1 Å². The second kappa shape index (κ2) is 6.56. The molecule has 4 nitrogen and oxygen atoms in total. The zero-order valence-corrected chi connectivity index (χ0v) is 14.8. The number of carbonyl (C=O) groups excluding carboxylic acids is 1. The Balaban J connectivity index is 1.50. The Morgan fingerprint density at radius 1 is 0.962 bits per heavy atom. The van der Waals surface area contributed by atoms with Crippen molar-refractivity contribution in [1.29, 1.82) is 0 Å². The molecule has 4 heteroatoms. The summed E-state index contributed by atoms with van der Waals surface area (Å²) in [5.74, 6) is 0.567. The lowest BCUT2D eigenvalue weighted by molar-refractivity contribution is -0.118. The third-order valence-electron chi connectivity index (χ3n) is 4.70. The number of nitrogens with one attached hydrogen (secondary N) is 2. The fourth-order valence-electron chi connectivity index (χ4n) is 3.15. The van der Waals surface area contributed by atoms with E-state index >= 15 is 0 Å². The van der Waals surface area contributed by atoms with Crippen molar-refractivity contribution in [3.63, 3.8) is 0 Å². The zero-order chi connectivity index (χ0) is 18.1. The SMILES string of the molecule is Cc1cccc(OCC(=O)Nc2ccc3[nH]c4ccccc4c3c2)c1C. The van der Waals surface area contributed by atoms with E-state index in [0.717, 1.165) is 44.4 Å². The van der Waals surface area contributed by atoms with E-state index in [1.54, 1.807) is 0 Å². The first-order valence-electron chi connectivity index (χ1n) is 8.61. The third kappa shape index (κ3) is 3.02. The number of H-pyrrole nitrogens is 1. The summed E-state index contributed by atoms with van der Waals surface area (Å²) in [6.07, 6.45) is 0. The Bertz CT molecular complexity index is 1110. The number of para-hydroxylation sites is 1. The van der Waals surface area contributed by atoms with Gasteiger partial charge in [-0.15, -0.1) is 0 Å². The highest BCUT2D eigenvalue weighted by atomic mass is 16.5. The molecule has 0 saturated heterocycles. The first-order valence-corrected chi connectivity index (χ1v) is 8.61. The first-order chi connectivity index (χ1) is 12.6. The van der Waals surface area contributed by atoms with Gasteiger partial charge in [-0.3, -0.25) is 4.79 Å². The van der Waals surface area contributed by atoms with E-state index < -0.39 is 0 Å². The summed E-state index contributed by atoms with van der Waals surface area (Å²) in [5, 5.41) is 5.15. The number of aromatic amines is 1. The molecule has 4 rings (SSSR count). The van der Waals surface area contributed by atoms with Crippen LogP contribution in [-0.2, 0) is 4.79 Å². The van der Waals surface area contributed by atoms with Gasteiger partial charge in [-0.25, -0.2) is 0 Å². The molecular weight excluding hydrogens is 324 g/mol. The molecule has 1 heterocycles. The number of rotatable bonds is 4. The zero-order valence-electron chi connectivity index (χ0n) is 14.8. The van der Waals surface area contributed by atoms with Crippen LogP contribution in [0.25, 0.3) is 21.8 Å². The molecule has 4 aromatic rings. The molecule has 0 bridgehead atoms. The summed E-state index contributed by atoms with van der Waals surface area (Å²) in [4.78, 5) is 15.7. The van der Waals surface area contributed by atoms with Crippen LogP contribution in [0.2, 0.25) is 0 Å². The molecule has 0 radical (unpaired) electrons. The van der Waals surface area contributed by atoms with Crippen LogP contribution < -0.4 is 10.1 Å². The molecule has 0 spiro atoms. The lowest BCUT2D eigenvalue weighted by atomic mass is 10.1. The van der Waals surface area contributed by atoms with Gasteiger partial charge in [0.25, 0.3) is 5.91 Å². The van der Waals surface area contributed by atoms with Crippen molar-refractivity contribution in [2.45, 2.75) is 13.8 Å². The quantitative estimate of drug-likeness (QED) is 0.550. The van der Waals surface area contributed by atoms with Crippen molar-refractivity contribution in [1.82, 2.24) is 4.98 Å². The molecule has 26 heavy (non-hydrogen) atoms. The van der Waals surface area contributed by atoms with Crippen molar-refractivity contribution in [3.8, 4) is 5.75 Å². The largest absolute Gasteiger partial charge is 0.483 e. The third-order valence-corrected chi connectivity index (χ3v) is 4.70. The van der Waals surface area contributed by atoms with Gasteiger partial charge in [0, 0.05) is 27.5 Å². The van der Waals surface area contributed by atoms with Crippen LogP contribution in [0, 0.1) is 13.8 Å². The van der Waals surface area contributed by atoms with Crippen LogP contribution in [0.4, 0.5) is 5.69 Å². The summed E-state index contributed by atoms with van der Waals surface area (Å²) in [7, 11) is 0. The summed E-state index contributed by atoms with van der Waals surface area (Å²) >= 11 is 0. The van der Waals surface area contributed by atoms with Gasteiger partial charge < -0.3 is 15.0 Å². The van der Waals surface area contributed by atoms with Crippen molar-refractivity contribution in [2.75, 3.05) is 11.9 Å². The molecule has 0 aliphatic rings. The van der Waals surface area contributed by atoms with E-state index in [1.165, 1.54) is 0 Å². The predicted octanol–water partition coefficient (Wildman–Crippen LogP) is 4.96. The summed E-state index contributed by atoms with van der Waals surface area (Å²) in [6, 6.07) is 19.8. The number of ether oxygens (including phenoxy) is 1. The number of hydrogen-bond acceptors (Lipinski definition) is 2. The fraction of sp³-hybridized carbons (Fsp3) is 0.136. The molecule has 0 fully saturated rings. The Labute approximate surface area is 151 Å². The Morgan fingerprint density at radius 2 is 1.77 bits per heavy atom. The van der Waals surface area contributed by atoms with E-state index in [1.807, 2.05) is 68.4 Å². The minimum absolute atomic E-state index is 0.0176. The highest BCUT2D eigenvalue weighted by molar-refractivity contribution is 6.09. The fourth-order valence-corrected chi connectivity index (χ4v) is 3.15. The average Bonchev–Trinajstić information content (AvgIpc) is 3.01. The molecule has 0 saturated carbocycles. The van der Waals surface area contributed by atoms with E-state index in [-0.39, 0.29) is 12.5 Å². The second-order valence-corrected chi connectivity index (χ2v) is 6.47. The Hall–Kier alpha value is -3.27. The molecule has 1 aromatic heterocycles. The van der Waals surface area contributed by atoms with Crippen LogP contribution in [0.3, 0.4) is 0 Å². The van der Waals surface area contributed by atoms with Gasteiger partial charge in [0.1, 0.15) is 5.75 Å². The highest BCUT2D eigenvalue weighted by Gasteiger charge is 2.09. The van der Waals surface area contributed by atoms with E-state index in [0.29, 0.717) is 0 Å². The Kier molecular flexibility index (Phi) is 4.09. The number of aromatic nitrogens is 1. The number of hydrogen-bond donors (Lipinski definition) is 2. The lowest BCUT2D eigenvalue weighted by Gasteiger charge is -2.11. The minimum Gasteiger partial charge on any atom is -0.483 e. The summed E-state index contributed by atoms with van der Waals surface area (Å²) in [6.45, 7) is 4.00. The maximum Gasteiger partial charge on any atom is 0.262 e. The molecule has 0 aliphatic carbocycles. The van der Waals surface area contributed by atoms with Crippen molar-refractivity contribution in [2.24, 2.45) is 0 Å². The molecule has 130 valence electrons. The van der Waals surface area contributed by atoms with E-state index in [2.05, 4.69) is 16.4 Å². The Morgan fingerprint density at radius 3 is 2.65 bits per heavy atom. The van der Waals surface area contributed by atoms with Crippen molar-refractivity contribution in [3.05, 3.63) is 71.8 Å². The maximum atomic E-state index is 12.3. The van der Waals surface area contributed by atoms with E-state index in [4.69, 9.17) is 4.74 Å². The van der Waals surface area contributed by atoms with Crippen LogP contribution in [0.15, 0.2) is 60.7 Å². The van der Waals surface area contributed by atoms with Gasteiger partial charge in [-0.2, -0.15) is 0 Å². The van der Waals surface area contributed by atoms with Crippen molar-refractivity contribution >= 4 is 33.4 Å². The van der Waals surface area contributed by atoms with Gasteiger partial charge in [0.15, 0.2) is 6.61 Å². The monoisotopic (exact) mass is 344 g/mol. The number of fused-ring (bicyclic) bond motifs is 3. The number of benzene rings is 3.